The van der Waals surface area contributed by atoms with Crippen molar-refractivity contribution >= 4 is 21.8 Å². The topological polar surface area (TPSA) is 41.6 Å². The highest BCUT2D eigenvalue weighted by Crippen LogP contribution is 2.48. The van der Waals surface area contributed by atoms with E-state index in [4.69, 9.17) is 4.74 Å². The first-order valence-corrected chi connectivity index (χ1v) is 9.03. The lowest BCUT2D eigenvalue weighted by atomic mass is 9.71. The van der Waals surface area contributed by atoms with Crippen LogP contribution in [0.5, 0.6) is 0 Å². The predicted octanol–water partition coefficient (Wildman–Crippen LogP) is 3.13. The quantitative estimate of drug-likeness (QED) is 0.837. The smallest absolute Gasteiger partial charge is 0.233 e. The zero-order valence-electron chi connectivity index (χ0n) is 13.5. The van der Waals surface area contributed by atoms with E-state index < -0.39 is 5.54 Å². The summed E-state index contributed by atoms with van der Waals surface area (Å²) in [5.41, 5.74) is -0.446. The van der Waals surface area contributed by atoms with Crippen LogP contribution in [0.1, 0.15) is 24.8 Å². The van der Waals surface area contributed by atoms with E-state index in [0.29, 0.717) is 23.7 Å². The predicted molar refractivity (Wildman–Crippen MR) is 91.4 cm³/mol. The molecule has 0 radical (unpaired) electrons. The molecule has 2 aliphatic heterocycles. The lowest BCUT2D eigenvalue weighted by Crippen LogP contribution is -2.66. The molecule has 1 N–H and O–H groups in total. The minimum atomic E-state index is -0.903. The number of nitrogens with zero attached hydrogens (tertiary/aromatic N) is 1. The van der Waals surface area contributed by atoms with Gasteiger partial charge in [0.15, 0.2) is 0 Å². The Labute approximate surface area is 149 Å². The van der Waals surface area contributed by atoms with Crippen molar-refractivity contribution in [1.82, 2.24) is 10.2 Å². The largest absolute Gasteiger partial charge is 0.375 e. The zero-order chi connectivity index (χ0) is 17.1. The molecule has 0 unspecified atom stereocenters. The van der Waals surface area contributed by atoms with Gasteiger partial charge in [-0.05, 0) is 43.4 Å². The average molecular weight is 395 g/mol. The molecule has 2 saturated heterocycles. The van der Waals surface area contributed by atoms with Gasteiger partial charge in [0.05, 0.1) is 18.6 Å². The first-order chi connectivity index (χ1) is 11.4. The first kappa shape index (κ1) is 16.1. The summed E-state index contributed by atoms with van der Waals surface area (Å²) in [6.45, 7) is 4.20. The third-order valence-electron chi connectivity index (χ3n) is 5.55. The number of amides is 1. The molecule has 0 bridgehead atoms. The Hall–Kier alpha value is -1.40. The van der Waals surface area contributed by atoms with Crippen molar-refractivity contribution in [2.45, 2.75) is 30.9 Å². The molecule has 1 aromatic carbocycles. The van der Waals surface area contributed by atoms with Crippen LogP contribution in [0.2, 0.25) is 0 Å². The van der Waals surface area contributed by atoms with Gasteiger partial charge in [-0.15, -0.1) is 0 Å². The van der Waals surface area contributed by atoms with Crippen molar-refractivity contribution < 1.29 is 13.9 Å². The van der Waals surface area contributed by atoms with Crippen LogP contribution in [-0.2, 0) is 15.1 Å². The summed E-state index contributed by atoms with van der Waals surface area (Å²) in [6, 6.07) is 4.82. The van der Waals surface area contributed by atoms with Crippen LogP contribution < -0.4 is 5.32 Å². The second kappa shape index (κ2) is 5.56. The second-order valence-corrected chi connectivity index (χ2v) is 7.96. The molecule has 3 atom stereocenters. The summed E-state index contributed by atoms with van der Waals surface area (Å²) >= 11 is 3.41. The Kier molecular flexibility index (Phi) is 3.73. The fourth-order valence-electron chi connectivity index (χ4n) is 3.95. The van der Waals surface area contributed by atoms with Gasteiger partial charge in [0.25, 0.3) is 0 Å². The van der Waals surface area contributed by atoms with Gasteiger partial charge in [-0.3, -0.25) is 4.79 Å². The number of carbonyl (C=O) groups is 1. The Balaban J connectivity index is 1.80. The van der Waals surface area contributed by atoms with Crippen LogP contribution in [0.25, 0.3) is 0 Å². The van der Waals surface area contributed by atoms with Crippen molar-refractivity contribution in [3.8, 4) is 0 Å². The molecule has 128 valence electrons. The van der Waals surface area contributed by atoms with Crippen LogP contribution in [-0.4, -0.2) is 30.6 Å². The normalized spacial score (nSPS) is 33.2. The molecule has 4 rings (SSSR count). The molecular formula is C18H20BrFN2O2. The highest BCUT2D eigenvalue weighted by atomic mass is 79.9. The monoisotopic (exact) mass is 394 g/mol. The number of hydrogen-bond acceptors (Lipinski definition) is 3. The fourth-order valence-corrected chi connectivity index (χ4v) is 4.31. The Morgan fingerprint density at radius 3 is 2.92 bits per heavy atom. The Bertz CT molecular complexity index is 721. The molecule has 3 aliphatic rings. The van der Waals surface area contributed by atoms with Crippen LogP contribution in [0.3, 0.4) is 0 Å². The van der Waals surface area contributed by atoms with Crippen molar-refractivity contribution in [1.29, 1.82) is 0 Å². The molecule has 6 heteroatoms. The van der Waals surface area contributed by atoms with E-state index in [1.165, 1.54) is 11.0 Å². The molecule has 0 spiro atoms. The first-order valence-electron chi connectivity index (χ1n) is 8.24. The van der Waals surface area contributed by atoms with Gasteiger partial charge in [-0.1, -0.05) is 22.5 Å². The average Bonchev–Trinajstić information content (AvgIpc) is 3.40. The van der Waals surface area contributed by atoms with E-state index in [1.807, 2.05) is 0 Å². The van der Waals surface area contributed by atoms with Gasteiger partial charge in [0.1, 0.15) is 17.2 Å². The highest BCUT2D eigenvalue weighted by molar-refractivity contribution is 9.10. The van der Waals surface area contributed by atoms with Crippen LogP contribution >= 0.6 is 15.9 Å². The number of hydrogen-bond donors (Lipinski definition) is 1. The molecule has 24 heavy (non-hydrogen) atoms. The zero-order valence-corrected chi connectivity index (χ0v) is 15.1. The summed E-state index contributed by atoms with van der Waals surface area (Å²) in [5, 5.41) is 3.30. The number of benzene rings is 1. The number of carbonyl (C=O) groups excluding carboxylic acids is 1. The minimum Gasteiger partial charge on any atom is -0.375 e. The van der Waals surface area contributed by atoms with Crippen molar-refractivity contribution in [2.75, 3.05) is 13.7 Å². The Morgan fingerprint density at radius 2 is 2.21 bits per heavy atom. The van der Waals surface area contributed by atoms with E-state index in [-0.39, 0.29) is 30.4 Å². The maximum atomic E-state index is 14.7. The molecule has 1 aliphatic carbocycles. The molecule has 3 fully saturated rings. The van der Waals surface area contributed by atoms with Crippen molar-refractivity contribution in [2.24, 2.45) is 11.8 Å². The Morgan fingerprint density at radius 1 is 1.46 bits per heavy atom. The van der Waals surface area contributed by atoms with Gasteiger partial charge in [-0.25, -0.2) is 4.39 Å². The molecule has 2 heterocycles. The SMILES string of the molecule is C=C1N[C@@]2(c3cc(Br)ccc3F)CO[C@@H](C3CC3)C[C@H]2C(=O)N1C. The highest BCUT2D eigenvalue weighted by Gasteiger charge is 2.56. The van der Waals surface area contributed by atoms with Gasteiger partial charge in [0, 0.05) is 17.1 Å². The van der Waals surface area contributed by atoms with E-state index in [9.17, 15) is 9.18 Å². The van der Waals surface area contributed by atoms with Crippen LogP contribution in [0.15, 0.2) is 35.1 Å². The van der Waals surface area contributed by atoms with Gasteiger partial charge < -0.3 is 15.0 Å². The molecule has 0 aromatic heterocycles. The van der Waals surface area contributed by atoms with Crippen molar-refractivity contribution in [3.05, 3.63) is 46.5 Å². The van der Waals surface area contributed by atoms with Crippen LogP contribution in [0, 0.1) is 17.7 Å². The maximum absolute atomic E-state index is 14.7. The number of rotatable bonds is 2. The van der Waals surface area contributed by atoms with Gasteiger partial charge in [-0.2, -0.15) is 0 Å². The van der Waals surface area contributed by atoms with E-state index in [0.717, 1.165) is 17.3 Å². The summed E-state index contributed by atoms with van der Waals surface area (Å²) < 4.78 is 21.5. The second-order valence-electron chi connectivity index (χ2n) is 7.04. The lowest BCUT2D eigenvalue weighted by Gasteiger charge is -2.52. The molecule has 4 nitrogen and oxygen atoms in total. The molecule has 1 amide bonds. The van der Waals surface area contributed by atoms with Crippen LogP contribution in [0.4, 0.5) is 4.39 Å². The minimum absolute atomic E-state index is 0.0212. The third kappa shape index (κ3) is 2.39. The van der Waals surface area contributed by atoms with E-state index in [1.54, 1.807) is 19.2 Å². The summed E-state index contributed by atoms with van der Waals surface area (Å²) in [6.07, 6.45) is 3.00. The summed E-state index contributed by atoms with van der Waals surface area (Å²) in [7, 11) is 1.71. The molecule has 1 saturated carbocycles. The summed E-state index contributed by atoms with van der Waals surface area (Å²) in [5.74, 6) is 0.292. The molecule has 1 aromatic rings. The standard InChI is InChI=1S/C18H20BrFN2O2/c1-10-21-18(13-7-12(19)5-6-15(13)20)9-24-16(11-3-4-11)8-14(18)17(23)22(10)2/h5-7,11,14,16,21H,1,3-4,8-9H2,2H3/t14-,16+,18+/m0/s1. The van der Waals surface area contributed by atoms with Gasteiger partial charge in [0.2, 0.25) is 5.91 Å². The van der Waals surface area contributed by atoms with E-state index >= 15 is 0 Å². The number of halogens is 2. The number of fused-ring (bicyclic) bond motifs is 1. The third-order valence-corrected chi connectivity index (χ3v) is 6.04. The lowest BCUT2D eigenvalue weighted by molar-refractivity contribution is -0.155. The maximum Gasteiger partial charge on any atom is 0.233 e. The fraction of sp³-hybridized carbons (Fsp3) is 0.500. The number of ether oxygens (including phenoxy) is 1. The summed E-state index contributed by atoms with van der Waals surface area (Å²) in [4.78, 5) is 14.5. The van der Waals surface area contributed by atoms with E-state index in [2.05, 4.69) is 27.8 Å². The van der Waals surface area contributed by atoms with Gasteiger partial charge >= 0.3 is 0 Å². The molecular weight excluding hydrogens is 375 g/mol. The van der Waals surface area contributed by atoms with Crippen molar-refractivity contribution in [3.63, 3.8) is 0 Å². The number of nitrogens with one attached hydrogen (secondary N) is 1.